The lowest BCUT2D eigenvalue weighted by Crippen LogP contribution is -2.14. The molecule has 1 saturated carbocycles. The number of rotatable bonds is 3. The van der Waals surface area contributed by atoms with E-state index in [0.717, 1.165) is 0 Å². The lowest BCUT2D eigenvalue weighted by Gasteiger charge is -2.03. The molecule has 0 bridgehead atoms. The minimum Gasteiger partial charge on any atom is -0.388 e. The molecular formula is C9H12N4S. The van der Waals surface area contributed by atoms with E-state index in [-0.39, 0.29) is 0 Å². The summed E-state index contributed by atoms with van der Waals surface area (Å²) in [7, 11) is 0. The monoisotopic (exact) mass is 208 g/mol. The molecule has 0 radical (unpaired) electrons. The first kappa shape index (κ1) is 9.33. The Hall–Kier alpha value is -1.23. The van der Waals surface area contributed by atoms with Gasteiger partial charge in [0, 0.05) is 12.2 Å². The molecule has 1 aromatic heterocycles. The van der Waals surface area contributed by atoms with E-state index in [4.69, 9.17) is 18.0 Å². The van der Waals surface area contributed by atoms with Gasteiger partial charge in [-0.15, -0.1) is 0 Å². The molecule has 4 nitrogen and oxygen atoms in total. The van der Waals surface area contributed by atoms with Crippen LogP contribution in [0.4, 0.5) is 5.95 Å². The van der Waals surface area contributed by atoms with Crippen LogP contribution in [0.25, 0.3) is 0 Å². The summed E-state index contributed by atoms with van der Waals surface area (Å²) in [6.45, 7) is 2.19. The SMILES string of the molecule is CC1CC1Nc1nccc(C(N)=S)n1. The molecule has 2 atom stereocenters. The zero-order valence-electron chi connectivity index (χ0n) is 7.90. The Bertz CT molecular complexity index is 366. The van der Waals surface area contributed by atoms with Crippen molar-refractivity contribution in [2.24, 2.45) is 11.7 Å². The summed E-state index contributed by atoms with van der Waals surface area (Å²) in [6.07, 6.45) is 2.84. The van der Waals surface area contributed by atoms with Crippen molar-refractivity contribution >= 4 is 23.2 Å². The molecule has 5 heteroatoms. The van der Waals surface area contributed by atoms with Gasteiger partial charge in [0.05, 0.1) is 0 Å². The number of nitrogens with two attached hydrogens (primary N) is 1. The Morgan fingerprint density at radius 2 is 2.43 bits per heavy atom. The van der Waals surface area contributed by atoms with Crippen LogP contribution in [-0.4, -0.2) is 21.0 Å². The minimum atomic E-state index is 0.305. The normalized spacial score (nSPS) is 24.4. The number of nitrogens with one attached hydrogen (secondary N) is 1. The molecule has 0 saturated heterocycles. The number of aromatic nitrogens is 2. The van der Waals surface area contributed by atoms with Crippen LogP contribution >= 0.6 is 12.2 Å². The van der Waals surface area contributed by atoms with Crippen molar-refractivity contribution in [1.82, 2.24) is 9.97 Å². The van der Waals surface area contributed by atoms with E-state index in [1.54, 1.807) is 12.3 Å². The van der Waals surface area contributed by atoms with Gasteiger partial charge >= 0.3 is 0 Å². The third-order valence-electron chi connectivity index (χ3n) is 2.33. The van der Waals surface area contributed by atoms with Crippen LogP contribution in [-0.2, 0) is 0 Å². The third kappa shape index (κ3) is 1.98. The summed E-state index contributed by atoms with van der Waals surface area (Å²) in [5.74, 6) is 1.33. The van der Waals surface area contributed by atoms with Gasteiger partial charge < -0.3 is 11.1 Å². The zero-order valence-corrected chi connectivity index (χ0v) is 8.71. The fourth-order valence-corrected chi connectivity index (χ4v) is 1.37. The summed E-state index contributed by atoms with van der Waals surface area (Å²) < 4.78 is 0. The highest BCUT2D eigenvalue weighted by molar-refractivity contribution is 7.80. The highest BCUT2D eigenvalue weighted by Gasteiger charge is 2.32. The molecule has 1 heterocycles. The second-order valence-corrected chi connectivity index (χ2v) is 4.03. The Labute approximate surface area is 87.9 Å². The summed E-state index contributed by atoms with van der Waals surface area (Å²) in [5.41, 5.74) is 6.09. The first-order valence-electron chi connectivity index (χ1n) is 4.56. The molecule has 1 aliphatic rings. The summed E-state index contributed by atoms with van der Waals surface area (Å²) >= 11 is 4.83. The van der Waals surface area contributed by atoms with E-state index in [9.17, 15) is 0 Å². The van der Waals surface area contributed by atoms with E-state index < -0.39 is 0 Å². The first-order valence-corrected chi connectivity index (χ1v) is 4.97. The molecule has 0 aromatic carbocycles. The molecule has 3 N–H and O–H groups in total. The topological polar surface area (TPSA) is 63.8 Å². The second kappa shape index (κ2) is 3.49. The molecule has 2 unspecified atom stereocenters. The van der Waals surface area contributed by atoms with Gasteiger partial charge in [0.15, 0.2) is 0 Å². The van der Waals surface area contributed by atoms with Crippen molar-refractivity contribution < 1.29 is 0 Å². The van der Waals surface area contributed by atoms with Gasteiger partial charge in [-0.05, 0) is 18.4 Å². The molecule has 0 amide bonds. The van der Waals surface area contributed by atoms with Gasteiger partial charge in [0.2, 0.25) is 5.95 Å². The molecule has 1 aliphatic carbocycles. The van der Waals surface area contributed by atoms with E-state index in [1.165, 1.54) is 6.42 Å². The van der Waals surface area contributed by atoms with Crippen molar-refractivity contribution in [3.8, 4) is 0 Å². The Morgan fingerprint density at radius 3 is 3.00 bits per heavy atom. The van der Waals surface area contributed by atoms with Crippen molar-refractivity contribution in [2.45, 2.75) is 19.4 Å². The van der Waals surface area contributed by atoms with Gasteiger partial charge in [-0.1, -0.05) is 19.1 Å². The summed E-state index contributed by atoms with van der Waals surface area (Å²) in [4.78, 5) is 8.60. The van der Waals surface area contributed by atoms with Crippen LogP contribution in [0.1, 0.15) is 19.0 Å². The van der Waals surface area contributed by atoms with Gasteiger partial charge in [-0.2, -0.15) is 0 Å². The largest absolute Gasteiger partial charge is 0.388 e. The average Bonchev–Trinajstić information content (AvgIpc) is 2.82. The Kier molecular flexibility index (Phi) is 2.33. The lowest BCUT2D eigenvalue weighted by atomic mass is 10.4. The zero-order chi connectivity index (χ0) is 10.1. The fraction of sp³-hybridized carbons (Fsp3) is 0.444. The molecule has 1 aromatic rings. The predicted molar refractivity (Wildman–Crippen MR) is 59.1 cm³/mol. The Morgan fingerprint density at radius 1 is 1.71 bits per heavy atom. The first-order chi connectivity index (χ1) is 6.66. The molecular weight excluding hydrogens is 196 g/mol. The van der Waals surface area contributed by atoms with E-state index in [0.29, 0.717) is 28.6 Å². The predicted octanol–water partition coefficient (Wildman–Crippen LogP) is 0.931. The van der Waals surface area contributed by atoms with Gasteiger partial charge in [0.1, 0.15) is 10.7 Å². The van der Waals surface area contributed by atoms with Crippen molar-refractivity contribution in [1.29, 1.82) is 0 Å². The minimum absolute atomic E-state index is 0.305. The van der Waals surface area contributed by atoms with Crippen LogP contribution in [0.5, 0.6) is 0 Å². The smallest absolute Gasteiger partial charge is 0.223 e. The highest BCUT2D eigenvalue weighted by atomic mass is 32.1. The number of thiocarbonyl (C=S) groups is 1. The van der Waals surface area contributed by atoms with Crippen LogP contribution < -0.4 is 11.1 Å². The number of hydrogen-bond donors (Lipinski definition) is 2. The molecule has 2 rings (SSSR count). The number of hydrogen-bond acceptors (Lipinski definition) is 4. The van der Waals surface area contributed by atoms with E-state index in [1.807, 2.05) is 0 Å². The van der Waals surface area contributed by atoms with E-state index in [2.05, 4.69) is 22.2 Å². The maximum absolute atomic E-state index is 5.47. The van der Waals surface area contributed by atoms with Crippen molar-refractivity contribution in [2.75, 3.05) is 5.32 Å². The summed E-state index contributed by atoms with van der Waals surface area (Å²) in [6, 6.07) is 2.22. The maximum Gasteiger partial charge on any atom is 0.223 e. The third-order valence-corrected chi connectivity index (χ3v) is 2.54. The second-order valence-electron chi connectivity index (χ2n) is 3.59. The van der Waals surface area contributed by atoms with Crippen LogP contribution in [0.3, 0.4) is 0 Å². The molecule has 0 spiro atoms. The molecule has 0 aliphatic heterocycles. The highest BCUT2D eigenvalue weighted by Crippen LogP contribution is 2.31. The fourth-order valence-electron chi connectivity index (χ4n) is 1.25. The van der Waals surface area contributed by atoms with Crippen molar-refractivity contribution in [3.63, 3.8) is 0 Å². The molecule has 1 fully saturated rings. The standard InChI is InChI=1S/C9H12N4S/c1-5-4-7(5)13-9-11-3-2-6(12-9)8(10)14/h2-3,5,7H,4H2,1H3,(H2,10,14)(H,11,12,13). The summed E-state index contributed by atoms with van der Waals surface area (Å²) in [5, 5.41) is 3.22. The van der Waals surface area contributed by atoms with E-state index >= 15 is 0 Å². The lowest BCUT2D eigenvalue weighted by molar-refractivity contribution is 0.913. The van der Waals surface area contributed by atoms with Gasteiger partial charge in [0.25, 0.3) is 0 Å². The quantitative estimate of drug-likeness (QED) is 0.723. The van der Waals surface area contributed by atoms with Crippen LogP contribution in [0.2, 0.25) is 0 Å². The van der Waals surface area contributed by atoms with Crippen LogP contribution in [0.15, 0.2) is 12.3 Å². The van der Waals surface area contributed by atoms with Crippen molar-refractivity contribution in [3.05, 3.63) is 18.0 Å². The van der Waals surface area contributed by atoms with Gasteiger partial charge in [-0.3, -0.25) is 0 Å². The number of anilines is 1. The van der Waals surface area contributed by atoms with Gasteiger partial charge in [-0.25, -0.2) is 9.97 Å². The molecule has 14 heavy (non-hydrogen) atoms. The Balaban J connectivity index is 2.10. The maximum atomic E-state index is 5.47. The van der Waals surface area contributed by atoms with Crippen LogP contribution in [0, 0.1) is 5.92 Å². The molecule has 74 valence electrons. The number of nitrogens with zero attached hydrogens (tertiary/aromatic N) is 2. The average molecular weight is 208 g/mol.